The van der Waals surface area contributed by atoms with Gasteiger partial charge in [0.2, 0.25) is 0 Å². The van der Waals surface area contributed by atoms with Crippen LogP contribution in [0.25, 0.3) is 5.69 Å². The molecule has 2 rings (SSSR count). The summed E-state index contributed by atoms with van der Waals surface area (Å²) in [5.41, 5.74) is 1.73. The van der Waals surface area contributed by atoms with Gasteiger partial charge in [-0.2, -0.15) is 0 Å². The van der Waals surface area contributed by atoms with E-state index in [0.29, 0.717) is 18.5 Å². The molecule has 0 aliphatic rings. The van der Waals surface area contributed by atoms with Crippen molar-refractivity contribution in [3.05, 3.63) is 35.7 Å². The topological polar surface area (TPSA) is 106 Å². The second kappa shape index (κ2) is 9.16. The molecule has 8 nitrogen and oxygen atoms in total. The van der Waals surface area contributed by atoms with Crippen LogP contribution in [0.15, 0.2) is 24.3 Å². The molecular formula is C19H26N4O4. The Labute approximate surface area is 158 Å². The number of carboxylic acids is 1. The summed E-state index contributed by atoms with van der Waals surface area (Å²) in [5, 5.41) is 19.7. The molecule has 0 saturated heterocycles. The normalized spacial score (nSPS) is 12.0. The zero-order valence-electron chi connectivity index (χ0n) is 16.1. The molecule has 0 aliphatic heterocycles. The molecule has 2 N–H and O–H groups in total. The summed E-state index contributed by atoms with van der Waals surface area (Å²) in [6.45, 7) is 7.62. The Balaban J connectivity index is 2.16. The van der Waals surface area contributed by atoms with Gasteiger partial charge in [0.1, 0.15) is 5.75 Å². The molecule has 0 radical (unpaired) electrons. The third kappa shape index (κ3) is 5.54. The number of hydrogen-bond acceptors (Lipinski definition) is 5. The number of carbonyl (C=O) groups is 2. The number of aliphatic carboxylic acids is 1. The van der Waals surface area contributed by atoms with Crippen molar-refractivity contribution in [2.24, 2.45) is 0 Å². The molecule has 0 bridgehead atoms. The lowest BCUT2D eigenvalue weighted by Crippen LogP contribution is -2.33. The monoisotopic (exact) mass is 374 g/mol. The summed E-state index contributed by atoms with van der Waals surface area (Å²) >= 11 is 0. The van der Waals surface area contributed by atoms with E-state index in [2.05, 4.69) is 15.6 Å². The van der Waals surface area contributed by atoms with Gasteiger partial charge in [-0.3, -0.25) is 9.59 Å². The molecule has 1 aromatic carbocycles. The van der Waals surface area contributed by atoms with Crippen LogP contribution in [-0.2, 0) is 11.2 Å². The van der Waals surface area contributed by atoms with Crippen molar-refractivity contribution in [2.45, 2.75) is 59.1 Å². The Hall–Kier alpha value is -2.90. The summed E-state index contributed by atoms with van der Waals surface area (Å²) in [7, 11) is 0. The minimum absolute atomic E-state index is 0.000428. The highest BCUT2D eigenvalue weighted by atomic mass is 16.5. The van der Waals surface area contributed by atoms with E-state index in [1.54, 1.807) is 11.6 Å². The second-order valence-electron chi connectivity index (χ2n) is 6.62. The highest BCUT2D eigenvalue weighted by Gasteiger charge is 2.21. The number of aromatic nitrogens is 3. The van der Waals surface area contributed by atoms with Crippen molar-refractivity contribution in [3.8, 4) is 11.4 Å². The molecule has 146 valence electrons. The molecule has 1 amide bonds. The highest BCUT2D eigenvalue weighted by Crippen LogP contribution is 2.19. The Morgan fingerprint density at radius 2 is 1.89 bits per heavy atom. The van der Waals surface area contributed by atoms with Gasteiger partial charge >= 0.3 is 5.97 Å². The smallest absolute Gasteiger partial charge is 0.303 e. The number of nitrogens with zero attached hydrogens (tertiary/aromatic N) is 3. The molecule has 1 aromatic heterocycles. The van der Waals surface area contributed by atoms with Crippen LogP contribution in [-0.4, -0.2) is 44.1 Å². The number of carboxylic acid groups (broad SMARTS) is 1. The SMILES string of the molecule is CCc1c(C(=O)NC(C)CCC(=O)O)nnn1-c1ccc(OC(C)C)cc1. The van der Waals surface area contributed by atoms with Crippen LogP contribution in [0.3, 0.4) is 0 Å². The molecule has 0 fully saturated rings. The van der Waals surface area contributed by atoms with E-state index in [0.717, 1.165) is 11.4 Å². The number of carbonyl (C=O) groups excluding carboxylic acids is 1. The van der Waals surface area contributed by atoms with E-state index >= 15 is 0 Å². The third-order valence-corrected chi connectivity index (χ3v) is 3.93. The van der Waals surface area contributed by atoms with Crippen molar-refractivity contribution in [3.63, 3.8) is 0 Å². The van der Waals surface area contributed by atoms with Crippen LogP contribution in [0.5, 0.6) is 5.75 Å². The Morgan fingerprint density at radius 3 is 2.44 bits per heavy atom. The van der Waals surface area contributed by atoms with Gasteiger partial charge in [-0.25, -0.2) is 4.68 Å². The average Bonchev–Trinajstić information content (AvgIpc) is 3.04. The van der Waals surface area contributed by atoms with Gasteiger partial charge in [-0.1, -0.05) is 12.1 Å². The molecule has 1 heterocycles. The van der Waals surface area contributed by atoms with Gasteiger partial charge in [0.05, 0.1) is 17.5 Å². The predicted octanol–water partition coefficient (Wildman–Crippen LogP) is 2.60. The Morgan fingerprint density at radius 1 is 1.22 bits per heavy atom. The lowest BCUT2D eigenvalue weighted by Gasteiger charge is -2.13. The molecule has 27 heavy (non-hydrogen) atoms. The van der Waals surface area contributed by atoms with Gasteiger partial charge in [-0.15, -0.1) is 5.10 Å². The van der Waals surface area contributed by atoms with Gasteiger partial charge in [0.25, 0.3) is 5.91 Å². The van der Waals surface area contributed by atoms with Gasteiger partial charge in [-0.05, 0) is 57.9 Å². The number of amides is 1. The first kappa shape index (κ1) is 20.4. The largest absolute Gasteiger partial charge is 0.491 e. The van der Waals surface area contributed by atoms with E-state index in [1.165, 1.54) is 0 Å². The van der Waals surface area contributed by atoms with Gasteiger partial charge in [0, 0.05) is 12.5 Å². The van der Waals surface area contributed by atoms with Crippen LogP contribution < -0.4 is 10.1 Å². The molecule has 0 aliphatic carbocycles. The quantitative estimate of drug-likeness (QED) is 0.699. The number of benzene rings is 1. The average molecular weight is 374 g/mol. The number of ether oxygens (including phenoxy) is 1. The summed E-state index contributed by atoms with van der Waals surface area (Å²) in [4.78, 5) is 23.2. The maximum Gasteiger partial charge on any atom is 0.303 e. The van der Waals surface area contributed by atoms with Crippen LogP contribution in [0, 0.1) is 0 Å². The van der Waals surface area contributed by atoms with E-state index in [1.807, 2.05) is 45.0 Å². The highest BCUT2D eigenvalue weighted by molar-refractivity contribution is 5.93. The number of hydrogen-bond donors (Lipinski definition) is 2. The predicted molar refractivity (Wildman–Crippen MR) is 100 cm³/mol. The second-order valence-corrected chi connectivity index (χ2v) is 6.62. The first-order valence-electron chi connectivity index (χ1n) is 9.06. The first-order chi connectivity index (χ1) is 12.8. The van der Waals surface area contributed by atoms with Crippen molar-refractivity contribution >= 4 is 11.9 Å². The minimum atomic E-state index is -0.888. The molecule has 0 spiro atoms. The molecule has 2 aromatic rings. The summed E-state index contributed by atoms with van der Waals surface area (Å²) in [6, 6.07) is 7.16. The van der Waals surface area contributed by atoms with Crippen LogP contribution >= 0.6 is 0 Å². The van der Waals surface area contributed by atoms with Crippen LogP contribution in [0.4, 0.5) is 0 Å². The summed E-state index contributed by atoms with van der Waals surface area (Å²) in [6.07, 6.45) is 1.02. The van der Waals surface area contributed by atoms with Crippen molar-refractivity contribution in [1.82, 2.24) is 20.3 Å². The van der Waals surface area contributed by atoms with Crippen molar-refractivity contribution in [2.75, 3.05) is 0 Å². The zero-order chi connectivity index (χ0) is 20.0. The van der Waals surface area contributed by atoms with E-state index in [9.17, 15) is 9.59 Å². The van der Waals surface area contributed by atoms with Gasteiger partial charge < -0.3 is 15.2 Å². The Bertz CT molecular complexity index is 784. The third-order valence-electron chi connectivity index (χ3n) is 3.93. The zero-order valence-corrected chi connectivity index (χ0v) is 16.1. The van der Waals surface area contributed by atoms with Crippen molar-refractivity contribution in [1.29, 1.82) is 0 Å². The van der Waals surface area contributed by atoms with Crippen LogP contribution in [0.2, 0.25) is 0 Å². The molecule has 8 heteroatoms. The molecule has 0 saturated carbocycles. The molecular weight excluding hydrogens is 348 g/mol. The van der Waals surface area contributed by atoms with Gasteiger partial charge in [0.15, 0.2) is 5.69 Å². The van der Waals surface area contributed by atoms with Crippen LogP contribution in [0.1, 0.15) is 56.7 Å². The maximum atomic E-state index is 12.5. The first-order valence-corrected chi connectivity index (χ1v) is 9.06. The number of nitrogens with one attached hydrogen (secondary N) is 1. The van der Waals surface area contributed by atoms with E-state index < -0.39 is 5.97 Å². The van der Waals surface area contributed by atoms with E-state index in [-0.39, 0.29) is 30.2 Å². The summed E-state index contributed by atoms with van der Waals surface area (Å²) < 4.78 is 7.27. The summed E-state index contributed by atoms with van der Waals surface area (Å²) in [5.74, 6) is -0.478. The molecule has 1 atom stereocenters. The maximum absolute atomic E-state index is 12.5. The lowest BCUT2D eigenvalue weighted by molar-refractivity contribution is -0.137. The van der Waals surface area contributed by atoms with E-state index in [4.69, 9.17) is 9.84 Å². The fourth-order valence-electron chi connectivity index (χ4n) is 2.64. The molecule has 1 unspecified atom stereocenters. The van der Waals surface area contributed by atoms with Crippen molar-refractivity contribution < 1.29 is 19.4 Å². The Kier molecular flexibility index (Phi) is 6.92. The minimum Gasteiger partial charge on any atom is -0.491 e. The number of rotatable bonds is 9. The standard InChI is InChI=1S/C19H26N4O4/c1-5-16-18(19(26)20-13(4)6-11-17(24)25)21-22-23(16)14-7-9-15(10-8-14)27-12(2)3/h7-10,12-13H,5-6,11H2,1-4H3,(H,20,26)(H,24,25). The fraction of sp³-hybridized carbons (Fsp3) is 0.474. The fourth-order valence-corrected chi connectivity index (χ4v) is 2.64. The lowest BCUT2D eigenvalue weighted by atomic mass is 10.1.